The molecule has 2 nitrogen and oxygen atoms in total. The fourth-order valence-electron chi connectivity index (χ4n) is 1.40. The van der Waals surface area contributed by atoms with Crippen LogP contribution in [0.5, 0.6) is 0 Å². The van der Waals surface area contributed by atoms with Gasteiger partial charge in [-0.25, -0.2) is 8.78 Å². The molecule has 1 atom stereocenters. The second-order valence-corrected chi connectivity index (χ2v) is 3.49. The third-order valence-electron chi connectivity index (χ3n) is 2.07. The van der Waals surface area contributed by atoms with E-state index in [1.807, 2.05) is 0 Å². The molecule has 0 heterocycles. The van der Waals surface area contributed by atoms with Crippen molar-refractivity contribution in [2.75, 3.05) is 7.11 Å². The highest BCUT2D eigenvalue weighted by molar-refractivity contribution is 5.27. The van der Waals surface area contributed by atoms with Crippen molar-refractivity contribution in [3.8, 4) is 0 Å². The molecule has 84 valence electrons. The summed E-state index contributed by atoms with van der Waals surface area (Å²) in [7, 11) is 1.38. The zero-order valence-corrected chi connectivity index (χ0v) is 8.76. The summed E-state index contributed by atoms with van der Waals surface area (Å²) in [5.41, 5.74) is 0.217. The van der Waals surface area contributed by atoms with Crippen LogP contribution in [-0.2, 0) is 17.8 Å². The first kappa shape index (κ1) is 12.1. The average molecular weight is 216 g/mol. The highest BCUT2D eigenvalue weighted by Crippen LogP contribution is 2.19. The lowest BCUT2D eigenvalue weighted by Crippen LogP contribution is -2.09. The van der Waals surface area contributed by atoms with Crippen molar-refractivity contribution in [1.82, 2.24) is 0 Å². The molecule has 0 saturated heterocycles. The summed E-state index contributed by atoms with van der Waals surface area (Å²) in [6.07, 6.45) is -0.483. The predicted molar refractivity (Wildman–Crippen MR) is 52.5 cm³/mol. The zero-order valence-electron chi connectivity index (χ0n) is 8.76. The molecule has 1 unspecified atom stereocenters. The molecule has 0 radical (unpaired) electrons. The van der Waals surface area contributed by atoms with Crippen LogP contribution in [0.1, 0.15) is 18.1 Å². The molecule has 0 saturated carbocycles. The van der Waals surface area contributed by atoms with Gasteiger partial charge in [0.2, 0.25) is 0 Å². The van der Waals surface area contributed by atoms with E-state index in [2.05, 4.69) is 0 Å². The number of methoxy groups -OCH3 is 1. The Morgan fingerprint density at radius 2 is 2.07 bits per heavy atom. The van der Waals surface area contributed by atoms with Crippen LogP contribution in [0.2, 0.25) is 0 Å². The summed E-state index contributed by atoms with van der Waals surface area (Å²) >= 11 is 0. The third kappa shape index (κ3) is 2.97. The van der Waals surface area contributed by atoms with Gasteiger partial charge in [0, 0.05) is 19.1 Å². The molecule has 0 aliphatic heterocycles. The second-order valence-electron chi connectivity index (χ2n) is 3.49. The number of ether oxygens (including phenoxy) is 1. The van der Waals surface area contributed by atoms with Gasteiger partial charge >= 0.3 is 0 Å². The van der Waals surface area contributed by atoms with E-state index in [1.165, 1.54) is 19.2 Å². The summed E-state index contributed by atoms with van der Waals surface area (Å²) in [4.78, 5) is 0. The number of benzene rings is 1. The predicted octanol–water partition coefficient (Wildman–Crippen LogP) is 2.03. The molecule has 4 heteroatoms. The summed E-state index contributed by atoms with van der Waals surface area (Å²) < 4.78 is 31.5. The minimum atomic E-state index is -0.652. The van der Waals surface area contributed by atoms with Gasteiger partial charge in [-0.2, -0.15) is 0 Å². The Labute approximate surface area is 87.5 Å². The Kier molecular flexibility index (Phi) is 4.17. The molecular formula is C11H14F2O2. The highest BCUT2D eigenvalue weighted by Gasteiger charge is 2.14. The zero-order chi connectivity index (χ0) is 11.4. The Morgan fingerprint density at radius 3 is 2.60 bits per heavy atom. The lowest BCUT2D eigenvalue weighted by molar-refractivity contribution is 0.175. The number of hydrogen-bond acceptors (Lipinski definition) is 2. The van der Waals surface area contributed by atoms with Crippen LogP contribution in [0.25, 0.3) is 0 Å². The van der Waals surface area contributed by atoms with Crippen LogP contribution in [0.15, 0.2) is 12.1 Å². The Morgan fingerprint density at radius 1 is 1.40 bits per heavy atom. The smallest absolute Gasteiger partial charge is 0.134 e. The largest absolute Gasteiger partial charge is 0.393 e. The molecule has 0 aliphatic carbocycles. The van der Waals surface area contributed by atoms with Crippen LogP contribution in [0.3, 0.4) is 0 Å². The minimum absolute atomic E-state index is 0.0874. The van der Waals surface area contributed by atoms with E-state index in [0.717, 1.165) is 0 Å². The normalized spacial score (nSPS) is 12.9. The van der Waals surface area contributed by atoms with Crippen molar-refractivity contribution in [3.63, 3.8) is 0 Å². The molecule has 1 aromatic carbocycles. The van der Waals surface area contributed by atoms with E-state index in [0.29, 0.717) is 5.56 Å². The molecule has 1 rings (SSSR count). The van der Waals surface area contributed by atoms with Crippen LogP contribution in [0, 0.1) is 11.6 Å². The fourth-order valence-corrected chi connectivity index (χ4v) is 1.40. The van der Waals surface area contributed by atoms with Crippen LogP contribution >= 0.6 is 0 Å². The average Bonchev–Trinajstić information content (AvgIpc) is 2.16. The van der Waals surface area contributed by atoms with E-state index in [-0.39, 0.29) is 18.6 Å². The molecule has 1 aromatic rings. The van der Waals surface area contributed by atoms with Gasteiger partial charge in [0.15, 0.2) is 0 Å². The molecule has 0 spiro atoms. The van der Waals surface area contributed by atoms with Gasteiger partial charge in [-0.15, -0.1) is 0 Å². The molecule has 1 N–H and O–H groups in total. The Hall–Kier alpha value is -1.00. The molecular weight excluding hydrogens is 202 g/mol. The third-order valence-corrected chi connectivity index (χ3v) is 2.07. The summed E-state index contributed by atoms with van der Waals surface area (Å²) in [6.45, 7) is 1.45. The molecule has 15 heavy (non-hydrogen) atoms. The quantitative estimate of drug-likeness (QED) is 0.834. The van der Waals surface area contributed by atoms with Crippen LogP contribution in [0.4, 0.5) is 8.78 Å². The highest BCUT2D eigenvalue weighted by atomic mass is 19.1. The fraction of sp³-hybridized carbons (Fsp3) is 0.455. The maximum absolute atomic E-state index is 13.6. The molecule has 0 fully saturated rings. The van der Waals surface area contributed by atoms with Gasteiger partial charge in [-0.1, -0.05) is 6.07 Å². The Balaban J connectivity index is 3.04. The SMILES string of the molecule is COCc1c(F)ccc(CC(C)O)c1F. The second kappa shape index (κ2) is 5.19. The summed E-state index contributed by atoms with van der Waals surface area (Å²) in [5.74, 6) is -1.25. The van der Waals surface area contributed by atoms with Crippen molar-refractivity contribution in [3.05, 3.63) is 34.9 Å². The van der Waals surface area contributed by atoms with Gasteiger partial charge < -0.3 is 9.84 Å². The lowest BCUT2D eigenvalue weighted by atomic mass is 10.0. The first-order valence-electron chi connectivity index (χ1n) is 4.69. The van der Waals surface area contributed by atoms with Crippen molar-refractivity contribution in [2.24, 2.45) is 0 Å². The van der Waals surface area contributed by atoms with Crippen molar-refractivity contribution in [1.29, 1.82) is 0 Å². The van der Waals surface area contributed by atoms with E-state index < -0.39 is 17.7 Å². The molecule has 0 bridgehead atoms. The standard InChI is InChI=1S/C11H14F2O2/c1-7(14)5-8-3-4-10(12)9(6-15-2)11(8)13/h3-4,7,14H,5-6H2,1-2H3. The number of hydrogen-bond donors (Lipinski definition) is 1. The maximum Gasteiger partial charge on any atom is 0.134 e. The maximum atomic E-state index is 13.6. The van der Waals surface area contributed by atoms with E-state index in [9.17, 15) is 8.78 Å². The van der Waals surface area contributed by atoms with Crippen molar-refractivity contribution >= 4 is 0 Å². The summed E-state index contributed by atoms with van der Waals surface area (Å²) in [6, 6.07) is 2.53. The van der Waals surface area contributed by atoms with Crippen LogP contribution in [-0.4, -0.2) is 18.3 Å². The van der Waals surface area contributed by atoms with Gasteiger partial charge in [-0.05, 0) is 18.6 Å². The molecule has 0 amide bonds. The topological polar surface area (TPSA) is 29.5 Å². The Bertz CT molecular complexity index is 338. The van der Waals surface area contributed by atoms with E-state index >= 15 is 0 Å². The summed E-state index contributed by atoms with van der Waals surface area (Å²) in [5, 5.41) is 9.13. The van der Waals surface area contributed by atoms with Crippen molar-refractivity contribution < 1.29 is 18.6 Å². The first-order valence-corrected chi connectivity index (χ1v) is 4.69. The van der Waals surface area contributed by atoms with Gasteiger partial charge in [0.05, 0.1) is 12.7 Å². The van der Waals surface area contributed by atoms with Gasteiger partial charge in [-0.3, -0.25) is 0 Å². The first-order chi connectivity index (χ1) is 7.06. The lowest BCUT2D eigenvalue weighted by Gasteiger charge is -2.10. The van der Waals surface area contributed by atoms with Gasteiger partial charge in [0.25, 0.3) is 0 Å². The van der Waals surface area contributed by atoms with E-state index in [1.54, 1.807) is 6.92 Å². The molecule has 0 aliphatic rings. The van der Waals surface area contributed by atoms with Crippen molar-refractivity contribution in [2.45, 2.75) is 26.1 Å². The number of halogens is 2. The van der Waals surface area contributed by atoms with Gasteiger partial charge in [0.1, 0.15) is 11.6 Å². The minimum Gasteiger partial charge on any atom is -0.393 e. The van der Waals surface area contributed by atoms with E-state index in [4.69, 9.17) is 9.84 Å². The number of aliphatic hydroxyl groups excluding tert-OH is 1. The van der Waals surface area contributed by atoms with Crippen LogP contribution < -0.4 is 0 Å². The number of aliphatic hydroxyl groups is 1. The molecule has 0 aromatic heterocycles. The monoisotopic (exact) mass is 216 g/mol. The number of rotatable bonds is 4.